The zero-order valence-electron chi connectivity index (χ0n) is 20.0. The monoisotopic (exact) mass is 476 g/mol. The van der Waals surface area contributed by atoms with Crippen LogP contribution in [0.4, 0.5) is 4.39 Å². The Balaban J connectivity index is 1.41. The van der Waals surface area contributed by atoms with Gasteiger partial charge in [-0.05, 0) is 64.1 Å². The van der Waals surface area contributed by atoms with Crippen molar-refractivity contribution in [3.8, 4) is 17.4 Å². The number of piperidine rings is 3. The highest BCUT2D eigenvalue weighted by atomic mass is 19.1. The SMILES string of the molecule is CCOc1nc(C)c2nc(-c3cncc(F)c3)n(Cc3cn[nH]c3CC3CN4CCC3CC4)c2n1. The van der Waals surface area contributed by atoms with Gasteiger partial charge in [-0.2, -0.15) is 15.1 Å². The van der Waals surface area contributed by atoms with Gasteiger partial charge < -0.3 is 14.2 Å². The van der Waals surface area contributed by atoms with Crippen LogP contribution >= 0.6 is 0 Å². The number of rotatable bonds is 7. The zero-order chi connectivity index (χ0) is 23.9. The van der Waals surface area contributed by atoms with Crippen LogP contribution in [0, 0.1) is 24.6 Å². The second-order valence-electron chi connectivity index (χ2n) is 9.59. The average molecular weight is 477 g/mol. The van der Waals surface area contributed by atoms with Gasteiger partial charge in [-0.1, -0.05) is 0 Å². The van der Waals surface area contributed by atoms with Crippen molar-refractivity contribution in [3.05, 3.63) is 47.4 Å². The van der Waals surface area contributed by atoms with Crippen molar-refractivity contribution >= 4 is 11.2 Å². The van der Waals surface area contributed by atoms with E-state index in [1.807, 2.05) is 24.6 Å². The predicted octanol–water partition coefficient (Wildman–Crippen LogP) is 3.39. The molecule has 0 spiro atoms. The molecule has 182 valence electrons. The Morgan fingerprint density at radius 3 is 2.74 bits per heavy atom. The van der Waals surface area contributed by atoms with E-state index in [4.69, 9.17) is 9.72 Å². The summed E-state index contributed by atoms with van der Waals surface area (Å²) in [5.74, 6) is 1.60. The summed E-state index contributed by atoms with van der Waals surface area (Å²) in [6, 6.07) is 1.75. The molecule has 3 fully saturated rings. The summed E-state index contributed by atoms with van der Waals surface area (Å²) in [7, 11) is 0. The molecule has 1 atom stereocenters. The van der Waals surface area contributed by atoms with E-state index >= 15 is 0 Å². The molecule has 3 aliphatic heterocycles. The van der Waals surface area contributed by atoms with Gasteiger partial charge in [0.05, 0.1) is 31.2 Å². The third kappa shape index (κ3) is 4.16. The number of imidazole rings is 1. The number of H-pyrrole nitrogens is 1. The van der Waals surface area contributed by atoms with Crippen LogP contribution in [-0.4, -0.2) is 65.8 Å². The van der Waals surface area contributed by atoms with Crippen molar-refractivity contribution in [2.24, 2.45) is 11.8 Å². The number of hydrogen-bond donors (Lipinski definition) is 1. The third-order valence-corrected chi connectivity index (χ3v) is 7.38. The molecule has 0 amide bonds. The van der Waals surface area contributed by atoms with E-state index in [2.05, 4.69) is 30.0 Å². The van der Waals surface area contributed by atoms with Crippen molar-refractivity contribution in [1.82, 2.24) is 39.6 Å². The van der Waals surface area contributed by atoms with Crippen LogP contribution in [0.15, 0.2) is 24.7 Å². The number of hydrogen-bond acceptors (Lipinski definition) is 7. The first kappa shape index (κ1) is 22.1. The molecule has 1 unspecified atom stereocenters. The van der Waals surface area contributed by atoms with Crippen LogP contribution in [0.1, 0.15) is 36.7 Å². The number of pyridine rings is 1. The van der Waals surface area contributed by atoms with E-state index in [-0.39, 0.29) is 0 Å². The molecule has 7 heterocycles. The Labute approximate surface area is 202 Å². The maximum absolute atomic E-state index is 14.1. The largest absolute Gasteiger partial charge is 0.464 e. The Kier molecular flexibility index (Phi) is 5.68. The lowest BCUT2D eigenvalue weighted by Crippen LogP contribution is -2.48. The fraction of sp³-hybridized carbons (Fsp3) is 0.480. The van der Waals surface area contributed by atoms with E-state index in [0.717, 1.165) is 30.1 Å². The molecule has 0 aromatic carbocycles. The van der Waals surface area contributed by atoms with E-state index < -0.39 is 5.82 Å². The molecule has 0 saturated carbocycles. The molecule has 3 saturated heterocycles. The topological polar surface area (TPSA) is 97.6 Å². The number of aromatic nitrogens is 7. The van der Waals surface area contributed by atoms with Crippen molar-refractivity contribution < 1.29 is 9.13 Å². The molecule has 4 aromatic rings. The Hall–Kier alpha value is -3.40. The molecule has 7 rings (SSSR count). The van der Waals surface area contributed by atoms with E-state index in [1.54, 1.807) is 6.20 Å². The summed E-state index contributed by atoms with van der Waals surface area (Å²) in [6.07, 6.45) is 8.24. The van der Waals surface area contributed by atoms with Gasteiger partial charge >= 0.3 is 6.01 Å². The second-order valence-corrected chi connectivity index (χ2v) is 9.59. The van der Waals surface area contributed by atoms with Gasteiger partial charge in [-0.3, -0.25) is 10.1 Å². The maximum atomic E-state index is 14.1. The number of aryl methyl sites for hydroxylation is 1. The molecule has 4 aromatic heterocycles. The van der Waals surface area contributed by atoms with Crippen molar-refractivity contribution in [3.63, 3.8) is 0 Å². The molecular formula is C25H29FN8O. The fourth-order valence-electron chi connectivity index (χ4n) is 5.61. The molecule has 9 nitrogen and oxygen atoms in total. The van der Waals surface area contributed by atoms with Crippen molar-refractivity contribution in [2.45, 2.75) is 39.7 Å². The first-order chi connectivity index (χ1) is 17.1. The van der Waals surface area contributed by atoms with Gasteiger partial charge in [0.15, 0.2) is 5.65 Å². The summed E-state index contributed by atoms with van der Waals surface area (Å²) in [5.41, 5.74) is 4.83. The van der Waals surface area contributed by atoms with E-state index in [1.165, 1.54) is 38.2 Å². The van der Waals surface area contributed by atoms with Gasteiger partial charge in [0.1, 0.15) is 17.2 Å². The minimum Gasteiger partial charge on any atom is -0.464 e. The third-order valence-electron chi connectivity index (χ3n) is 7.38. The highest BCUT2D eigenvalue weighted by molar-refractivity contribution is 5.79. The van der Waals surface area contributed by atoms with Crippen molar-refractivity contribution in [2.75, 3.05) is 26.2 Å². The van der Waals surface area contributed by atoms with E-state index in [9.17, 15) is 4.39 Å². The lowest BCUT2D eigenvalue weighted by atomic mass is 9.76. The molecule has 10 heteroatoms. The number of fused-ring (bicyclic) bond motifs is 4. The summed E-state index contributed by atoms with van der Waals surface area (Å²) in [4.78, 5) is 20.6. The number of halogens is 1. The molecular weight excluding hydrogens is 447 g/mol. The first-order valence-electron chi connectivity index (χ1n) is 12.3. The Morgan fingerprint density at radius 2 is 2.00 bits per heavy atom. The molecule has 0 aliphatic carbocycles. The quantitative estimate of drug-likeness (QED) is 0.437. The summed E-state index contributed by atoms with van der Waals surface area (Å²) in [5, 5.41) is 7.64. The summed E-state index contributed by atoms with van der Waals surface area (Å²) < 4.78 is 21.7. The van der Waals surface area contributed by atoms with Gasteiger partial charge in [0, 0.05) is 29.6 Å². The number of nitrogens with zero attached hydrogens (tertiary/aromatic N) is 7. The highest BCUT2D eigenvalue weighted by Crippen LogP contribution is 2.35. The predicted molar refractivity (Wildman–Crippen MR) is 128 cm³/mol. The van der Waals surface area contributed by atoms with Crippen LogP contribution < -0.4 is 4.74 Å². The minimum atomic E-state index is -0.412. The number of ether oxygens (including phenoxy) is 1. The van der Waals surface area contributed by atoms with Crippen LogP contribution in [0.2, 0.25) is 0 Å². The summed E-state index contributed by atoms with van der Waals surface area (Å²) >= 11 is 0. The fourth-order valence-corrected chi connectivity index (χ4v) is 5.61. The van der Waals surface area contributed by atoms with Crippen LogP contribution in [0.5, 0.6) is 6.01 Å². The Bertz CT molecular complexity index is 1360. The first-order valence-corrected chi connectivity index (χ1v) is 12.3. The summed E-state index contributed by atoms with van der Waals surface area (Å²) in [6.45, 7) is 8.35. The van der Waals surface area contributed by atoms with Crippen LogP contribution in [0.25, 0.3) is 22.6 Å². The van der Waals surface area contributed by atoms with Crippen molar-refractivity contribution in [1.29, 1.82) is 0 Å². The molecule has 1 N–H and O–H groups in total. The zero-order valence-corrected chi connectivity index (χ0v) is 20.0. The van der Waals surface area contributed by atoms with E-state index in [0.29, 0.717) is 53.3 Å². The normalized spacial score (nSPS) is 21.6. The lowest BCUT2D eigenvalue weighted by Gasteiger charge is -2.44. The van der Waals surface area contributed by atoms with Crippen LogP contribution in [-0.2, 0) is 13.0 Å². The standard InChI is InChI=1S/C25H29FN8O/c1-3-35-25-29-15(2)22-24(31-25)34(23(30-22)17-8-20(26)12-27-10-17)14-19-11-28-32-21(19)9-18-13-33-6-4-16(18)5-7-33/h8,10-12,16,18H,3-7,9,13-14H2,1-2H3,(H,28,32). The van der Waals surface area contributed by atoms with Crippen LogP contribution in [0.3, 0.4) is 0 Å². The molecule has 0 radical (unpaired) electrons. The van der Waals surface area contributed by atoms with Gasteiger partial charge in [-0.25, -0.2) is 9.37 Å². The minimum absolute atomic E-state index is 0.308. The van der Waals surface area contributed by atoms with Gasteiger partial charge in [0.25, 0.3) is 0 Å². The highest BCUT2D eigenvalue weighted by Gasteiger charge is 2.34. The Morgan fingerprint density at radius 1 is 1.14 bits per heavy atom. The maximum Gasteiger partial charge on any atom is 0.318 e. The molecule has 2 bridgehead atoms. The lowest BCUT2D eigenvalue weighted by molar-refractivity contribution is 0.0507. The smallest absolute Gasteiger partial charge is 0.318 e. The average Bonchev–Trinajstić information content (AvgIpc) is 3.45. The number of nitrogens with one attached hydrogen (secondary N) is 1. The van der Waals surface area contributed by atoms with Gasteiger partial charge in [-0.15, -0.1) is 0 Å². The number of aromatic amines is 1. The molecule has 35 heavy (non-hydrogen) atoms. The molecule has 3 aliphatic rings. The second kappa shape index (κ2) is 8.99. The van der Waals surface area contributed by atoms with Gasteiger partial charge in [0.2, 0.25) is 0 Å².